The van der Waals surface area contributed by atoms with Gasteiger partial charge in [0, 0.05) is 5.41 Å². The minimum Gasteiger partial charge on any atom is -0.465 e. The fourth-order valence-electron chi connectivity index (χ4n) is 4.33. The molecule has 1 spiro atoms. The van der Waals surface area contributed by atoms with Crippen LogP contribution >= 0.6 is 0 Å². The standard InChI is InChI=1S/C21H21NO3/c1-14-2-4-15(5-3-14)17-7-6-16-8-9-20(10-11-20)21(13-23,18(16)12-17)22-19(24)25/h2-7,12-13,22H,8-11H2,1H3,(H,24,25)/t21-/m1/s1. The summed E-state index contributed by atoms with van der Waals surface area (Å²) < 4.78 is 0. The topological polar surface area (TPSA) is 66.4 Å². The number of carbonyl (C=O) groups is 2. The fourth-order valence-corrected chi connectivity index (χ4v) is 4.33. The summed E-state index contributed by atoms with van der Waals surface area (Å²) in [6, 6.07) is 14.3. The van der Waals surface area contributed by atoms with Crippen molar-refractivity contribution in [3.63, 3.8) is 0 Å². The maximum Gasteiger partial charge on any atom is 0.405 e. The van der Waals surface area contributed by atoms with Crippen molar-refractivity contribution in [1.82, 2.24) is 5.32 Å². The third kappa shape index (κ3) is 2.36. The predicted molar refractivity (Wildman–Crippen MR) is 95.5 cm³/mol. The van der Waals surface area contributed by atoms with Gasteiger partial charge in [0.05, 0.1) is 0 Å². The highest BCUT2D eigenvalue weighted by Gasteiger charge is 2.63. The molecule has 2 N–H and O–H groups in total. The molecule has 0 bridgehead atoms. The van der Waals surface area contributed by atoms with E-state index in [2.05, 4.69) is 35.6 Å². The number of hydrogen-bond donors (Lipinski definition) is 2. The molecule has 0 aromatic heterocycles. The van der Waals surface area contributed by atoms with Gasteiger partial charge >= 0.3 is 6.09 Å². The van der Waals surface area contributed by atoms with E-state index in [1.54, 1.807) is 0 Å². The summed E-state index contributed by atoms with van der Waals surface area (Å²) in [5.41, 5.74) is 3.77. The molecule has 4 rings (SSSR count). The lowest BCUT2D eigenvalue weighted by Crippen LogP contribution is -2.55. The van der Waals surface area contributed by atoms with Crippen molar-refractivity contribution in [2.75, 3.05) is 0 Å². The second-order valence-electron chi connectivity index (χ2n) is 7.37. The predicted octanol–water partition coefficient (Wildman–Crippen LogP) is 4.05. The minimum absolute atomic E-state index is 0.258. The van der Waals surface area contributed by atoms with Crippen molar-refractivity contribution in [3.8, 4) is 11.1 Å². The van der Waals surface area contributed by atoms with E-state index in [1.165, 1.54) is 5.56 Å². The molecule has 25 heavy (non-hydrogen) atoms. The zero-order valence-corrected chi connectivity index (χ0v) is 14.2. The molecule has 1 atom stereocenters. The van der Waals surface area contributed by atoms with Gasteiger partial charge in [-0.05, 0) is 60.9 Å². The first-order chi connectivity index (χ1) is 12.0. The number of carboxylic acid groups (broad SMARTS) is 1. The van der Waals surface area contributed by atoms with Crippen LogP contribution in [0.2, 0.25) is 0 Å². The van der Waals surface area contributed by atoms with Gasteiger partial charge in [0.25, 0.3) is 0 Å². The molecule has 0 saturated heterocycles. The Bertz CT molecular complexity index is 852. The molecular weight excluding hydrogens is 314 g/mol. The van der Waals surface area contributed by atoms with E-state index in [0.717, 1.165) is 54.2 Å². The minimum atomic E-state index is -1.15. The molecule has 0 heterocycles. The average Bonchev–Trinajstić information content (AvgIpc) is 3.39. The fraction of sp³-hybridized carbons (Fsp3) is 0.333. The molecule has 0 aliphatic heterocycles. The Morgan fingerprint density at radius 1 is 1.08 bits per heavy atom. The molecule has 1 saturated carbocycles. The van der Waals surface area contributed by atoms with E-state index >= 15 is 0 Å². The Labute approximate surface area is 146 Å². The van der Waals surface area contributed by atoms with Crippen molar-refractivity contribution in [2.24, 2.45) is 5.41 Å². The maximum atomic E-state index is 12.2. The number of fused-ring (bicyclic) bond motifs is 1. The molecule has 2 aliphatic rings. The highest BCUT2D eigenvalue weighted by molar-refractivity contribution is 5.81. The zero-order chi connectivity index (χ0) is 17.7. The number of aldehydes is 1. The second kappa shape index (κ2) is 5.45. The van der Waals surface area contributed by atoms with E-state index in [1.807, 2.05) is 19.1 Å². The van der Waals surface area contributed by atoms with Crippen LogP contribution in [0.25, 0.3) is 11.1 Å². The van der Waals surface area contributed by atoms with Crippen LogP contribution in [0.4, 0.5) is 4.79 Å². The highest BCUT2D eigenvalue weighted by atomic mass is 16.4. The molecule has 128 valence electrons. The zero-order valence-electron chi connectivity index (χ0n) is 14.2. The van der Waals surface area contributed by atoms with Crippen LogP contribution in [-0.2, 0) is 16.8 Å². The van der Waals surface area contributed by atoms with Gasteiger partial charge in [-0.25, -0.2) is 4.79 Å². The van der Waals surface area contributed by atoms with Gasteiger partial charge in [0.1, 0.15) is 5.54 Å². The molecule has 1 amide bonds. The van der Waals surface area contributed by atoms with Crippen LogP contribution in [0, 0.1) is 12.3 Å². The van der Waals surface area contributed by atoms with Gasteiger partial charge in [-0.1, -0.05) is 42.0 Å². The molecule has 2 aromatic carbocycles. The summed E-state index contributed by atoms with van der Waals surface area (Å²) in [5.74, 6) is 0. The smallest absolute Gasteiger partial charge is 0.405 e. The van der Waals surface area contributed by atoms with E-state index in [4.69, 9.17) is 0 Å². The molecular formula is C21H21NO3. The van der Waals surface area contributed by atoms with E-state index in [9.17, 15) is 14.7 Å². The number of carbonyl (C=O) groups excluding carboxylic acids is 1. The Hall–Kier alpha value is -2.62. The summed E-state index contributed by atoms with van der Waals surface area (Å²) in [5, 5.41) is 12.0. The molecule has 0 unspecified atom stereocenters. The largest absolute Gasteiger partial charge is 0.465 e. The van der Waals surface area contributed by atoms with Gasteiger partial charge in [-0.3, -0.25) is 0 Å². The van der Waals surface area contributed by atoms with E-state index < -0.39 is 11.6 Å². The Morgan fingerprint density at radius 3 is 2.36 bits per heavy atom. The number of aryl methyl sites for hydroxylation is 2. The quantitative estimate of drug-likeness (QED) is 0.832. The highest BCUT2D eigenvalue weighted by Crippen LogP contribution is 2.63. The lowest BCUT2D eigenvalue weighted by molar-refractivity contribution is -0.116. The van der Waals surface area contributed by atoms with Crippen molar-refractivity contribution in [3.05, 3.63) is 59.2 Å². The van der Waals surface area contributed by atoms with Crippen molar-refractivity contribution in [1.29, 1.82) is 0 Å². The van der Waals surface area contributed by atoms with E-state index in [-0.39, 0.29) is 5.41 Å². The Kier molecular flexibility index (Phi) is 3.46. The van der Waals surface area contributed by atoms with E-state index in [0.29, 0.717) is 0 Å². The van der Waals surface area contributed by atoms with Gasteiger partial charge < -0.3 is 15.2 Å². The average molecular weight is 335 g/mol. The van der Waals surface area contributed by atoms with Gasteiger partial charge in [0.15, 0.2) is 6.29 Å². The number of rotatable bonds is 3. The first kappa shape index (κ1) is 15.9. The summed E-state index contributed by atoms with van der Waals surface area (Å²) in [6.07, 6.45) is 3.20. The Morgan fingerprint density at radius 2 is 1.76 bits per heavy atom. The van der Waals surface area contributed by atoms with Crippen LogP contribution in [-0.4, -0.2) is 17.5 Å². The summed E-state index contributed by atoms with van der Waals surface area (Å²) in [4.78, 5) is 23.7. The number of nitrogens with one attached hydrogen (secondary N) is 1. The molecule has 2 aliphatic carbocycles. The monoisotopic (exact) mass is 335 g/mol. The van der Waals surface area contributed by atoms with Crippen molar-refractivity contribution < 1.29 is 14.7 Å². The SMILES string of the molecule is Cc1ccc(-c2ccc3c(c2)[C@@](C=O)(NC(=O)O)C2(CC3)CC2)cc1. The molecule has 4 heteroatoms. The van der Waals surface area contributed by atoms with Gasteiger partial charge in [-0.15, -0.1) is 0 Å². The van der Waals surface area contributed by atoms with Crippen molar-refractivity contribution in [2.45, 2.75) is 38.1 Å². The summed E-state index contributed by atoms with van der Waals surface area (Å²) in [6.45, 7) is 2.04. The van der Waals surface area contributed by atoms with Crippen LogP contribution < -0.4 is 5.32 Å². The third-order valence-electron chi connectivity index (χ3n) is 5.96. The first-order valence-electron chi connectivity index (χ1n) is 8.68. The second-order valence-corrected chi connectivity index (χ2v) is 7.37. The number of hydrogen-bond acceptors (Lipinski definition) is 2. The van der Waals surface area contributed by atoms with Crippen LogP contribution in [0.15, 0.2) is 42.5 Å². The van der Waals surface area contributed by atoms with Crippen molar-refractivity contribution >= 4 is 12.4 Å². The molecule has 1 fully saturated rings. The summed E-state index contributed by atoms with van der Waals surface area (Å²) >= 11 is 0. The summed E-state index contributed by atoms with van der Waals surface area (Å²) in [7, 11) is 0. The first-order valence-corrected chi connectivity index (χ1v) is 8.68. The van der Waals surface area contributed by atoms with Crippen LogP contribution in [0.1, 0.15) is 36.0 Å². The lowest BCUT2D eigenvalue weighted by atomic mass is 9.66. The normalized spacial score (nSPS) is 22.9. The van der Waals surface area contributed by atoms with Crippen LogP contribution in [0.5, 0.6) is 0 Å². The molecule has 0 radical (unpaired) electrons. The maximum absolute atomic E-state index is 12.2. The Balaban J connectivity index is 1.88. The lowest BCUT2D eigenvalue weighted by Gasteiger charge is -2.42. The van der Waals surface area contributed by atoms with Gasteiger partial charge in [-0.2, -0.15) is 0 Å². The number of amides is 1. The molecule has 2 aromatic rings. The number of benzene rings is 2. The van der Waals surface area contributed by atoms with Crippen LogP contribution in [0.3, 0.4) is 0 Å². The molecule has 4 nitrogen and oxygen atoms in total. The third-order valence-corrected chi connectivity index (χ3v) is 5.96. The van der Waals surface area contributed by atoms with Gasteiger partial charge in [0.2, 0.25) is 0 Å².